The van der Waals surface area contributed by atoms with Gasteiger partial charge in [0.05, 0.1) is 0 Å². The van der Waals surface area contributed by atoms with Crippen LogP contribution in [-0.2, 0) is 11.3 Å². The van der Waals surface area contributed by atoms with E-state index < -0.39 is 0 Å². The van der Waals surface area contributed by atoms with E-state index in [0.717, 1.165) is 32.7 Å². The SMILES string of the molecule is CCN(CCCCCOC(c1ccccc1)c1ccccc1)Cc1ccccc1. The molecule has 0 saturated carbocycles. The highest BCUT2D eigenvalue weighted by molar-refractivity contribution is 5.29. The predicted octanol–water partition coefficient (Wildman–Crippen LogP) is 6.49. The van der Waals surface area contributed by atoms with Crippen LogP contribution in [0.2, 0.25) is 0 Å². The highest BCUT2D eigenvalue weighted by Gasteiger charge is 2.14. The Bertz CT molecular complexity index is 749. The van der Waals surface area contributed by atoms with Gasteiger partial charge in [0.2, 0.25) is 0 Å². The topological polar surface area (TPSA) is 12.5 Å². The molecule has 0 atom stereocenters. The molecule has 0 aliphatic rings. The van der Waals surface area contributed by atoms with Crippen molar-refractivity contribution in [2.75, 3.05) is 19.7 Å². The summed E-state index contributed by atoms with van der Waals surface area (Å²) >= 11 is 0. The first-order valence-corrected chi connectivity index (χ1v) is 10.8. The summed E-state index contributed by atoms with van der Waals surface area (Å²) in [5.41, 5.74) is 3.84. The van der Waals surface area contributed by atoms with Crippen molar-refractivity contribution in [2.45, 2.75) is 38.8 Å². The summed E-state index contributed by atoms with van der Waals surface area (Å²) in [6.07, 6.45) is 3.52. The van der Waals surface area contributed by atoms with Crippen LogP contribution in [0.1, 0.15) is 49.0 Å². The van der Waals surface area contributed by atoms with Gasteiger partial charge in [0.25, 0.3) is 0 Å². The second-order valence-electron chi connectivity index (χ2n) is 7.49. The van der Waals surface area contributed by atoms with Crippen molar-refractivity contribution in [1.29, 1.82) is 0 Å². The molecule has 0 aliphatic heterocycles. The Kier molecular flexibility index (Phi) is 8.96. The van der Waals surface area contributed by atoms with Crippen molar-refractivity contribution in [3.05, 3.63) is 108 Å². The molecule has 152 valence electrons. The molecular weight excluding hydrogens is 354 g/mol. The van der Waals surface area contributed by atoms with E-state index in [-0.39, 0.29) is 6.10 Å². The van der Waals surface area contributed by atoms with Gasteiger partial charge < -0.3 is 4.74 Å². The molecule has 3 aromatic rings. The molecule has 0 radical (unpaired) electrons. The summed E-state index contributed by atoms with van der Waals surface area (Å²) in [6.45, 7) is 6.31. The lowest BCUT2D eigenvalue weighted by atomic mass is 10.0. The second kappa shape index (κ2) is 12.2. The summed E-state index contributed by atoms with van der Waals surface area (Å²) in [5.74, 6) is 0. The number of ether oxygens (including phenoxy) is 1. The summed E-state index contributed by atoms with van der Waals surface area (Å²) in [4.78, 5) is 2.52. The molecule has 3 aromatic carbocycles. The maximum absolute atomic E-state index is 6.33. The number of rotatable bonds is 12. The van der Waals surface area contributed by atoms with Crippen molar-refractivity contribution in [1.82, 2.24) is 4.90 Å². The molecule has 0 aliphatic carbocycles. The molecule has 0 heterocycles. The van der Waals surface area contributed by atoms with Crippen LogP contribution in [0.5, 0.6) is 0 Å². The van der Waals surface area contributed by atoms with Crippen LogP contribution in [0.25, 0.3) is 0 Å². The summed E-state index contributed by atoms with van der Waals surface area (Å²) in [5, 5.41) is 0. The monoisotopic (exact) mass is 387 g/mol. The standard InChI is InChI=1S/C27H33NO/c1-2-28(23-24-15-7-3-8-16-24)21-13-6-14-22-29-27(25-17-9-4-10-18-25)26-19-11-5-12-20-26/h3-5,7-12,15-20,27H,2,6,13-14,21-23H2,1H3. The Balaban J connectivity index is 1.42. The minimum atomic E-state index is 0.0163. The Labute approximate surface area is 176 Å². The summed E-state index contributed by atoms with van der Waals surface area (Å²) < 4.78 is 6.33. The van der Waals surface area contributed by atoms with Crippen molar-refractivity contribution in [2.24, 2.45) is 0 Å². The largest absolute Gasteiger partial charge is 0.369 e. The zero-order valence-corrected chi connectivity index (χ0v) is 17.5. The summed E-state index contributed by atoms with van der Waals surface area (Å²) in [7, 11) is 0. The molecular formula is C27H33NO. The molecule has 2 heteroatoms. The average Bonchev–Trinajstić information content (AvgIpc) is 2.79. The van der Waals surface area contributed by atoms with Crippen LogP contribution < -0.4 is 0 Å². The van der Waals surface area contributed by atoms with Gasteiger partial charge >= 0.3 is 0 Å². The second-order valence-corrected chi connectivity index (χ2v) is 7.49. The quantitative estimate of drug-likeness (QED) is 0.330. The van der Waals surface area contributed by atoms with Gasteiger partial charge in [-0.1, -0.05) is 97.9 Å². The van der Waals surface area contributed by atoms with Crippen LogP contribution in [0.4, 0.5) is 0 Å². The number of hydrogen-bond acceptors (Lipinski definition) is 2. The van der Waals surface area contributed by atoms with Gasteiger partial charge in [-0.25, -0.2) is 0 Å². The van der Waals surface area contributed by atoms with Crippen molar-refractivity contribution in [3.63, 3.8) is 0 Å². The molecule has 0 fully saturated rings. The Morgan fingerprint density at radius 3 is 1.79 bits per heavy atom. The van der Waals surface area contributed by atoms with E-state index in [1.54, 1.807) is 0 Å². The van der Waals surface area contributed by atoms with Gasteiger partial charge in [0.15, 0.2) is 0 Å². The lowest BCUT2D eigenvalue weighted by Gasteiger charge is -2.21. The van der Waals surface area contributed by atoms with E-state index in [4.69, 9.17) is 4.74 Å². The van der Waals surface area contributed by atoms with E-state index in [1.165, 1.54) is 29.5 Å². The predicted molar refractivity (Wildman–Crippen MR) is 122 cm³/mol. The minimum absolute atomic E-state index is 0.0163. The summed E-state index contributed by atoms with van der Waals surface area (Å²) in [6, 6.07) is 31.8. The van der Waals surface area contributed by atoms with Crippen molar-refractivity contribution >= 4 is 0 Å². The van der Waals surface area contributed by atoms with E-state index in [1.807, 2.05) is 0 Å². The molecule has 0 bridgehead atoms. The lowest BCUT2D eigenvalue weighted by molar-refractivity contribution is 0.0763. The van der Waals surface area contributed by atoms with Crippen LogP contribution in [0.15, 0.2) is 91.0 Å². The van der Waals surface area contributed by atoms with E-state index in [9.17, 15) is 0 Å². The van der Waals surface area contributed by atoms with Crippen LogP contribution >= 0.6 is 0 Å². The first-order valence-electron chi connectivity index (χ1n) is 10.8. The number of benzene rings is 3. The number of nitrogens with zero attached hydrogens (tertiary/aromatic N) is 1. The molecule has 0 spiro atoms. The van der Waals surface area contributed by atoms with E-state index in [2.05, 4.69) is 103 Å². The smallest absolute Gasteiger partial charge is 0.108 e. The van der Waals surface area contributed by atoms with Gasteiger partial charge in [-0.3, -0.25) is 4.90 Å². The fourth-order valence-electron chi connectivity index (χ4n) is 3.65. The molecule has 29 heavy (non-hydrogen) atoms. The molecule has 3 rings (SSSR count). The third-order valence-electron chi connectivity index (χ3n) is 5.30. The Hall–Kier alpha value is -2.42. The highest BCUT2D eigenvalue weighted by atomic mass is 16.5. The normalized spacial score (nSPS) is 11.3. The third-order valence-corrected chi connectivity index (χ3v) is 5.30. The first kappa shape index (κ1) is 21.3. The Morgan fingerprint density at radius 2 is 1.24 bits per heavy atom. The maximum Gasteiger partial charge on any atom is 0.108 e. The van der Waals surface area contributed by atoms with Gasteiger partial charge in [0.1, 0.15) is 6.10 Å². The van der Waals surface area contributed by atoms with Gasteiger partial charge in [-0.15, -0.1) is 0 Å². The van der Waals surface area contributed by atoms with E-state index >= 15 is 0 Å². The zero-order chi connectivity index (χ0) is 20.2. The molecule has 2 nitrogen and oxygen atoms in total. The molecule has 0 unspecified atom stereocenters. The van der Waals surface area contributed by atoms with Crippen LogP contribution in [-0.4, -0.2) is 24.6 Å². The zero-order valence-electron chi connectivity index (χ0n) is 17.5. The van der Waals surface area contributed by atoms with Gasteiger partial charge in [-0.05, 0) is 49.0 Å². The molecule has 0 saturated heterocycles. The molecule has 0 aromatic heterocycles. The van der Waals surface area contributed by atoms with Gasteiger partial charge in [-0.2, -0.15) is 0 Å². The molecule has 0 amide bonds. The fraction of sp³-hybridized carbons (Fsp3) is 0.333. The van der Waals surface area contributed by atoms with E-state index in [0.29, 0.717) is 0 Å². The third kappa shape index (κ3) is 7.16. The fourth-order valence-corrected chi connectivity index (χ4v) is 3.65. The lowest BCUT2D eigenvalue weighted by Crippen LogP contribution is -2.24. The minimum Gasteiger partial charge on any atom is -0.369 e. The highest BCUT2D eigenvalue weighted by Crippen LogP contribution is 2.26. The number of unbranched alkanes of at least 4 members (excludes halogenated alkanes) is 2. The maximum atomic E-state index is 6.33. The van der Waals surface area contributed by atoms with Crippen LogP contribution in [0, 0.1) is 0 Å². The molecule has 0 N–H and O–H groups in total. The number of hydrogen-bond donors (Lipinski definition) is 0. The van der Waals surface area contributed by atoms with Crippen molar-refractivity contribution in [3.8, 4) is 0 Å². The Morgan fingerprint density at radius 1 is 0.690 bits per heavy atom. The first-order chi connectivity index (χ1) is 14.4. The van der Waals surface area contributed by atoms with Crippen molar-refractivity contribution < 1.29 is 4.74 Å². The van der Waals surface area contributed by atoms with Gasteiger partial charge in [0, 0.05) is 13.2 Å². The average molecular weight is 388 g/mol. The van der Waals surface area contributed by atoms with Crippen LogP contribution in [0.3, 0.4) is 0 Å².